The molecule has 0 bridgehead atoms. The van der Waals surface area contributed by atoms with Crippen molar-refractivity contribution in [1.29, 1.82) is 0 Å². The topological polar surface area (TPSA) is 134 Å². The third kappa shape index (κ3) is 11.8. The quantitative estimate of drug-likeness (QED) is 0.167. The van der Waals surface area contributed by atoms with Crippen molar-refractivity contribution in [2.45, 2.75) is 21.3 Å². The van der Waals surface area contributed by atoms with Crippen LogP contribution in [0.15, 0.2) is 73.3 Å². The van der Waals surface area contributed by atoms with Gasteiger partial charge in [0.15, 0.2) is 0 Å². The third-order valence-corrected chi connectivity index (χ3v) is 4.63. The van der Waals surface area contributed by atoms with Gasteiger partial charge in [0, 0.05) is 41.8 Å². The molecule has 0 aliphatic rings. The predicted octanol–water partition coefficient (Wildman–Crippen LogP) is 6.69. The normalized spacial score (nSPS) is 9.12. The van der Waals surface area contributed by atoms with Crippen molar-refractivity contribution < 1.29 is 37.6 Å². The minimum Gasteiger partial charge on any atom is -0.496 e. The number of methoxy groups -OCH3 is 2. The number of anilines is 2. The van der Waals surface area contributed by atoms with Gasteiger partial charge >= 0.3 is 6.09 Å². The Morgan fingerprint density at radius 3 is 1.85 bits per heavy atom. The second kappa shape index (κ2) is 20.5. The van der Waals surface area contributed by atoms with Gasteiger partial charge < -0.3 is 42.5 Å². The number of hydrogen-bond donors (Lipinski definition) is 2. The Labute approximate surface area is 261 Å². The number of rotatable bonds is 6. The molecular formula is C28H34IN6O4V-. The molecule has 0 atom stereocenters. The molecule has 213 valence electrons. The molecule has 0 aliphatic heterocycles. The van der Waals surface area contributed by atoms with E-state index < -0.39 is 6.09 Å². The maximum Gasteiger partial charge on any atom is 0.412 e. The van der Waals surface area contributed by atoms with E-state index in [1.807, 2.05) is 59.9 Å². The summed E-state index contributed by atoms with van der Waals surface area (Å²) in [6, 6.07) is 18.5. The van der Waals surface area contributed by atoms with Crippen LogP contribution in [0.25, 0.3) is 22.5 Å². The van der Waals surface area contributed by atoms with E-state index in [2.05, 4.69) is 47.8 Å². The fourth-order valence-corrected chi connectivity index (χ4v) is 3.08. The molecule has 4 aromatic rings. The maximum atomic E-state index is 11.4. The van der Waals surface area contributed by atoms with Crippen molar-refractivity contribution in [1.82, 2.24) is 19.9 Å². The molecule has 2 heterocycles. The Balaban J connectivity index is 0.000000680. The summed E-state index contributed by atoms with van der Waals surface area (Å²) in [5.41, 5.74) is 8.75. The molecule has 0 fully saturated rings. The zero-order valence-electron chi connectivity index (χ0n) is 22.0. The number of ether oxygens (including phenoxy) is 3. The molecule has 1 amide bonds. The standard InChI is InChI=1S/C14H15N3O3.C11H11N3O.C2H4I.CH4.V/c1-3-20-14(18)17-13-8-11(15-9-16-13)10-6-4-5-7-12(10)19-2;1-15-10-5-3-2-4-8(10)9-6-11(12)14-7-13-9;1-2-3;;/h4-9H,3H2,1-2H3,(H,15,16,17,18);2-7H,1H3,(H2,12,13,14);2H,1H3;1H4;/q;;-1;;. The second-order valence-electron chi connectivity index (χ2n) is 7.08. The van der Waals surface area contributed by atoms with E-state index in [9.17, 15) is 4.79 Å². The zero-order chi connectivity index (χ0) is 27.8. The average molecular weight is 696 g/mol. The molecule has 1 radical (unpaired) electrons. The number of carbonyl (C=O) groups excluding carboxylic acids is 1. The molecule has 3 N–H and O–H groups in total. The number of nitrogen functional groups attached to an aromatic ring is 1. The fourth-order valence-electron chi connectivity index (χ4n) is 3.08. The first-order valence-corrected chi connectivity index (χ1v) is 12.7. The number of aromatic nitrogens is 4. The number of amides is 1. The van der Waals surface area contributed by atoms with Crippen LogP contribution in [0.1, 0.15) is 21.3 Å². The predicted molar refractivity (Wildman–Crippen MR) is 164 cm³/mol. The average Bonchev–Trinajstić information content (AvgIpc) is 2.94. The number of nitrogens with one attached hydrogen (secondary N) is 1. The minimum absolute atomic E-state index is 0. The molecular weight excluding hydrogens is 662 g/mol. The smallest absolute Gasteiger partial charge is 0.412 e. The molecule has 0 aliphatic carbocycles. The number of nitrogens with two attached hydrogens (primary N) is 1. The molecule has 0 spiro atoms. The largest absolute Gasteiger partial charge is 0.496 e. The number of nitrogens with zero attached hydrogens (tertiary/aromatic N) is 4. The van der Waals surface area contributed by atoms with Crippen LogP contribution in [-0.4, -0.2) is 46.9 Å². The van der Waals surface area contributed by atoms with Crippen LogP contribution < -0.4 is 20.5 Å². The van der Waals surface area contributed by atoms with Crippen LogP contribution in [0, 0.1) is 4.43 Å². The van der Waals surface area contributed by atoms with E-state index in [1.165, 1.54) is 12.7 Å². The van der Waals surface area contributed by atoms with Gasteiger partial charge in [-0.3, -0.25) is 9.74 Å². The summed E-state index contributed by atoms with van der Waals surface area (Å²) in [6.07, 6.45) is 2.28. The van der Waals surface area contributed by atoms with E-state index in [-0.39, 0.29) is 26.0 Å². The number of benzene rings is 2. The number of halogens is 1. The van der Waals surface area contributed by atoms with Gasteiger partial charge in [0.2, 0.25) is 0 Å². The SMILES string of the molecule is C.CCOC(=O)Nc1cc(-c2ccccc2OC)ncn1.COc1ccccc1-c1cc(N)ncn1.C[CH-]I.[V]. The van der Waals surface area contributed by atoms with Gasteiger partial charge in [-0.1, -0.05) is 31.7 Å². The Bertz CT molecular complexity index is 1300. The monoisotopic (exact) mass is 696 g/mol. The summed E-state index contributed by atoms with van der Waals surface area (Å²) < 4.78 is 17.3. The van der Waals surface area contributed by atoms with E-state index in [0.717, 1.165) is 22.6 Å². The summed E-state index contributed by atoms with van der Waals surface area (Å²) in [5, 5.41) is 2.54. The Kier molecular flexibility index (Phi) is 18.7. The van der Waals surface area contributed by atoms with Gasteiger partial charge in [0.25, 0.3) is 0 Å². The third-order valence-electron chi connectivity index (χ3n) is 4.63. The molecule has 2 aromatic carbocycles. The molecule has 10 nitrogen and oxygen atoms in total. The molecule has 40 heavy (non-hydrogen) atoms. The van der Waals surface area contributed by atoms with Gasteiger partial charge in [-0.25, -0.2) is 24.7 Å². The molecule has 4 rings (SSSR count). The summed E-state index contributed by atoms with van der Waals surface area (Å²) in [6.45, 7) is 4.02. The van der Waals surface area contributed by atoms with Crippen LogP contribution in [0.4, 0.5) is 16.4 Å². The maximum absolute atomic E-state index is 11.4. The molecule has 0 saturated heterocycles. The van der Waals surface area contributed by atoms with Gasteiger partial charge in [-0.05, 0) is 31.2 Å². The van der Waals surface area contributed by atoms with Gasteiger partial charge in [0.05, 0.1) is 32.2 Å². The van der Waals surface area contributed by atoms with Crippen LogP contribution >= 0.6 is 22.6 Å². The van der Waals surface area contributed by atoms with Crippen molar-refractivity contribution >= 4 is 40.3 Å². The van der Waals surface area contributed by atoms with Gasteiger partial charge in [-0.2, -0.15) is 6.92 Å². The zero-order valence-corrected chi connectivity index (χ0v) is 25.6. The summed E-state index contributed by atoms with van der Waals surface area (Å²) in [7, 11) is 3.22. The second-order valence-corrected chi connectivity index (χ2v) is 8.33. The molecule has 12 heteroatoms. The number of hydrogen-bond acceptors (Lipinski definition) is 9. The Morgan fingerprint density at radius 1 is 0.900 bits per heavy atom. The minimum atomic E-state index is -0.544. The Hall–Kier alpha value is -3.42. The van der Waals surface area contributed by atoms with Crippen molar-refractivity contribution in [3.63, 3.8) is 0 Å². The van der Waals surface area contributed by atoms with Gasteiger partial charge in [0.1, 0.15) is 35.8 Å². The summed E-state index contributed by atoms with van der Waals surface area (Å²) >= 11 is 2.16. The fraction of sp³-hybridized carbons (Fsp3) is 0.214. The van der Waals surface area contributed by atoms with Crippen molar-refractivity contribution in [3.8, 4) is 34.0 Å². The molecule has 0 unspecified atom stereocenters. The van der Waals surface area contributed by atoms with Crippen LogP contribution in [-0.2, 0) is 23.3 Å². The van der Waals surface area contributed by atoms with Crippen molar-refractivity contribution in [2.75, 3.05) is 31.9 Å². The van der Waals surface area contributed by atoms with E-state index in [4.69, 9.17) is 19.9 Å². The first kappa shape index (κ1) is 36.6. The van der Waals surface area contributed by atoms with Crippen LogP contribution in [0.5, 0.6) is 11.5 Å². The molecule has 0 saturated carbocycles. The first-order chi connectivity index (χ1) is 18.5. The Morgan fingerprint density at radius 2 is 1.38 bits per heavy atom. The number of para-hydroxylation sites is 2. The summed E-state index contributed by atoms with van der Waals surface area (Å²) in [4.78, 5) is 27.5. The van der Waals surface area contributed by atoms with Crippen LogP contribution in [0.3, 0.4) is 0 Å². The number of carbonyl (C=O) groups is 1. The van der Waals surface area contributed by atoms with Gasteiger partial charge in [-0.15, -0.1) is 0 Å². The molecule has 2 aromatic heterocycles. The van der Waals surface area contributed by atoms with Crippen molar-refractivity contribution in [3.05, 3.63) is 77.7 Å². The first-order valence-electron chi connectivity index (χ1n) is 11.4. The van der Waals surface area contributed by atoms with E-state index in [1.54, 1.807) is 33.3 Å². The van der Waals surface area contributed by atoms with E-state index in [0.29, 0.717) is 29.7 Å². The van der Waals surface area contributed by atoms with E-state index >= 15 is 0 Å². The summed E-state index contributed by atoms with van der Waals surface area (Å²) in [5.74, 6) is 2.30. The van der Waals surface area contributed by atoms with Crippen molar-refractivity contribution in [2.24, 2.45) is 0 Å². The van der Waals surface area contributed by atoms with Crippen LogP contribution in [0.2, 0.25) is 0 Å².